The van der Waals surface area contributed by atoms with Crippen molar-refractivity contribution in [2.75, 3.05) is 18.5 Å². The lowest BCUT2D eigenvalue weighted by molar-refractivity contribution is -0.144. The molecule has 3 aliphatic rings. The van der Waals surface area contributed by atoms with Gasteiger partial charge < -0.3 is 25.4 Å². The normalized spacial score (nSPS) is 28.7. The second-order valence-electron chi connectivity index (χ2n) is 10.1. The second-order valence-corrected chi connectivity index (χ2v) is 10.6. The summed E-state index contributed by atoms with van der Waals surface area (Å²) >= 11 is 6.01. The molecule has 3 heterocycles. The Labute approximate surface area is 221 Å². The predicted octanol–water partition coefficient (Wildman–Crippen LogP) is 2.78. The van der Waals surface area contributed by atoms with E-state index in [9.17, 15) is 19.5 Å². The molecule has 3 N–H and O–H groups in total. The number of nitrogens with zero attached hydrogens (tertiary/aromatic N) is 1. The largest absolute Gasteiger partial charge is 0.394 e. The lowest BCUT2D eigenvalue weighted by atomic mass is 9.70. The minimum Gasteiger partial charge on any atom is -0.394 e. The van der Waals surface area contributed by atoms with Gasteiger partial charge in [-0.2, -0.15) is 0 Å². The van der Waals surface area contributed by atoms with Crippen molar-refractivity contribution >= 4 is 35.0 Å². The van der Waals surface area contributed by atoms with Crippen molar-refractivity contribution in [3.63, 3.8) is 0 Å². The molecule has 0 aliphatic carbocycles. The van der Waals surface area contributed by atoms with E-state index in [0.29, 0.717) is 36.5 Å². The Morgan fingerprint density at radius 2 is 1.89 bits per heavy atom. The topological polar surface area (TPSA) is 108 Å². The summed E-state index contributed by atoms with van der Waals surface area (Å²) in [7, 11) is 0. The van der Waals surface area contributed by atoms with Crippen LogP contribution in [-0.2, 0) is 25.5 Å². The van der Waals surface area contributed by atoms with Crippen LogP contribution in [0.15, 0.2) is 54.6 Å². The average Bonchev–Trinajstić information content (AvgIpc) is 3.55. The Bertz CT molecular complexity index is 1160. The van der Waals surface area contributed by atoms with Crippen molar-refractivity contribution in [1.29, 1.82) is 0 Å². The number of aliphatic hydroxyl groups is 1. The number of ether oxygens (including phenoxy) is 1. The molecule has 2 aromatic carbocycles. The Hall–Kier alpha value is -2.94. The maximum Gasteiger partial charge on any atom is 0.250 e. The van der Waals surface area contributed by atoms with Crippen LogP contribution >= 0.6 is 11.6 Å². The van der Waals surface area contributed by atoms with Gasteiger partial charge in [-0.05, 0) is 55.5 Å². The molecule has 6 atom stereocenters. The number of likely N-dealkylation sites (tertiary alicyclic amines) is 1. The van der Waals surface area contributed by atoms with Gasteiger partial charge in [0.2, 0.25) is 17.7 Å². The molecule has 3 amide bonds. The number of hydrogen-bond acceptors (Lipinski definition) is 5. The van der Waals surface area contributed by atoms with Gasteiger partial charge in [0.05, 0.1) is 30.6 Å². The van der Waals surface area contributed by atoms with Crippen molar-refractivity contribution < 1.29 is 24.2 Å². The third kappa shape index (κ3) is 4.51. The number of amides is 3. The maximum atomic E-state index is 14.1. The summed E-state index contributed by atoms with van der Waals surface area (Å²) in [6.45, 7) is 2.14. The highest BCUT2D eigenvalue weighted by Gasteiger charge is 2.75. The van der Waals surface area contributed by atoms with E-state index in [-0.39, 0.29) is 18.4 Å². The summed E-state index contributed by atoms with van der Waals surface area (Å²) in [5, 5.41) is 16.8. The molecule has 196 valence electrons. The number of halogens is 1. The molecule has 0 radical (unpaired) electrons. The molecule has 2 aromatic rings. The zero-order chi connectivity index (χ0) is 26.2. The summed E-state index contributed by atoms with van der Waals surface area (Å²) in [6, 6.07) is 14.6. The van der Waals surface area contributed by atoms with Crippen molar-refractivity contribution in [2.45, 2.75) is 56.4 Å². The summed E-state index contributed by atoms with van der Waals surface area (Å²) in [5.41, 5.74) is 0.342. The van der Waals surface area contributed by atoms with Gasteiger partial charge in [0, 0.05) is 17.3 Å². The third-order valence-electron chi connectivity index (χ3n) is 7.87. The van der Waals surface area contributed by atoms with Crippen molar-refractivity contribution in [3.05, 3.63) is 65.2 Å². The van der Waals surface area contributed by atoms with E-state index in [2.05, 4.69) is 10.6 Å². The first kappa shape index (κ1) is 25.7. The monoisotopic (exact) mass is 525 g/mol. The van der Waals surface area contributed by atoms with Crippen LogP contribution in [0.4, 0.5) is 5.69 Å². The standard InChI is InChI=1S/C28H32ClN3O5/c1-2-14-30-25(34)22-21-12-13-28(37-21)23(22)27(36)32(20(16-33)15-17-6-4-3-5-7-17)24(28)26(35)31-19-10-8-18(29)9-11-19/h3-11,20-24,33H,2,12-16H2,1H3,(H,30,34)(H,31,35)/t20-,21+,22-,23+,24?,28?/m1/s1. The predicted molar refractivity (Wildman–Crippen MR) is 139 cm³/mol. The molecule has 3 saturated heterocycles. The zero-order valence-electron chi connectivity index (χ0n) is 20.7. The molecule has 37 heavy (non-hydrogen) atoms. The van der Waals surface area contributed by atoms with Crippen LogP contribution in [0, 0.1) is 11.8 Å². The summed E-state index contributed by atoms with van der Waals surface area (Å²) in [6.07, 6.45) is 1.81. The zero-order valence-corrected chi connectivity index (χ0v) is 21.5. The number of carbonyl (C=O) groups excluding carboxylic acids is 3. The van der Waals surface area contributed by atoms with Gasteiger partial charge in [0.25, 0.3) is 0 Å². The molecular weight excluding hydrogens is 494 g/mol. The first-order valence-electron chi connectivity index (χ1n) is 12.9. The number of nitrogens with one attached hydrogen (secondary N) is 2. The fourth-order valence-corrected chi connectivity index (χ4v) is 6.46. The van der Waals surface area contributed by atoms with Crippen LogP contribution in [-0.4, -0.2) is 64.7 Å². The number of aliphatic hydroxyl groups excluding tert-OH is 1. The lowest BCUT2D eigenvalue weighted by Crippen LogP contribution is -2.56. The number of rotatable bonds is 9. The summed E-state index contributed by atoms with van der Waals surface area (Å²) in [5.74, 6) is -2.38. The van der Waals surface area contributed by atoms with E-state index in [4.69, 9.17) is 16.3 Å². The number of anilines is 1. The highest BCUT2D eigenvalue weighted by molar-refractivity contribution is 6.30. The van der Waals surface area contributed by atoms with Gasteiger partial charge in [-0.25, -0.2) is 0 Å². The van der Waals surface area contributed by atoms with E-state index in [1.807, 2.05) is 37.3 Å². The van der Waals surface area contributed by atoms with Gasteiger partial charge in [-0.15, -0.1) is 0 Å². The molecule has 0 aromatic heterocycles. The van der Waals surface area contributed by atoms with Crippen LogP contribution in [0.1, 0.15) is 31.7 Å². The smallest absolute Gasteiger partial charge is 0.250 e. The molecule has 5 rings (SSSR count). The Morgan fingerprint density at radius 3 is 2.57 bits per heavy atom. The van der Waals surface area contributed by atoms with E-state index in [1.54, 1.807) is 24.3 Å². The fraction of sp³-hybridized carbons (Fsp3) is 0.464. The number of benzene rings is 2. The Kier molecular flexibility index (Phi) is 7.25. The van der Waals surface area contributed by atoms with Crippen LogP contribution in [0.3, 0.4) is 0 Å². The molecule has 2 bridgehead atoms. The van der Waals surface area contributed by atoms with Gasteiger partial charge >= 0.3 is 0 Å². The van der Waals surface area contributed by atoms with Crippen molar-refractivity contribution in [3.8, 4) is 0 Å². The quantitative estimate of drug-likeness (QED) is 0.466. The molecule has 3 fully saturated rings. The highest BCUT2D eigenvalue weighted by atomic mass is 35.5. The minimum absolute atomic E-state index is 0.214. The summed E-state index contributed by atoms with van der Waals surface area (Å²) in [4.78, 5) is 42.7. The van der Waals surface area contributed by atoms with Gasteiger partial charge in [-0.3, -0.25) is 14.4 Å². The van der Waals surface area contributed by atoms with Crippen LogP contribution < -0.4 is 10.6 Å². The summed E-state index contributed by atoms with van der Waals surface area (Å²) < 4.78 is 6.45. The van der Waals surface area contributed by atoms with E-state index in [0.717, 1.165) is 12.0 Å². The molecule has 3 aliphatic heterocycles. The van der Waals surface area contributed by atoms with Crippen LogP contribution in [0.5, 0.6) is 0 Å². The van der Waals surface area contributed by atoms with Gasteiger partial charge in [-0.1, -0.05) is 48.9 Å². The molecule has 1 spiro atoms. The van der Waals surface area contributed by atoms with Crippen LogP contribution in [0.25, 0.3) is 0 Å². The maximum absolute atomic E-state index is 14.1. The molecule has 9 heteroatoms. The van der Waals surface area contributed by atoms with Crippen molar-refractivity contribution in [2.24, 2.45) is 11.8 Å². The SMILES string of the molecule is CCCNC(=O)[C@@H]1[C@@H]2CCC3(O2)C(C(=O)Nc2ccc(Cl)cc2)N([C@@H](CO)Cc2ccccc2)C(=O)[C@H]13. The molecule has 8 nitrogen and oxygen atoms in total. The minimum atomic E-state index is -1.13. The van der Waals surface area contributed by atoms with E-state index < -0.39 is 41.5 Å². The Morgan fingerprint density at radius 1 is 1.16 bits per heavy atom. The third-order valence-corrected chi connectivity index (χ3v) is 8.12. The van der Waals surface area contributed by atoms with E-state index in [1.165, 1.54) is 4.90 Å². The first-order valence-corrected chi connectivity index (χ1v) is 13.3. The Balaban J connectivity index is 1.52. The van der Waals surface area contributed by atoms with Crippen molar-refractivity contribution in [1.82, 2.24) is 10.2 Å². The first-order chi connectivity index (χ1) is 17.9. The lowest BCUT2D eigenvalue weighted by Gasteiger charge is -2.36. The fourth-order valence-electron chi connectivity index (χ4n) is 6.33. The second kappa shape index (κ2) is 10.4. The number of hydrogen-bond donors (Lipinski definition) is 3. The molecule has 0 saturated carbocycles. The van der Waals surface area contributed by atoms with Gasteiger partial charge in [0.1, 0.15) is 11.6 Å². The highest BCUT2D eigenvalue weighted by Crippen LogP contribution is 2.59. The average molecular weight is 526 g/mol. The molecule has 2 unspecified atom stereocenters. The van der Waals surface area contributed by atoms with E-state index >= 15 is 0 Å². The molecular formula is C28H32ClN3O5. The van der Waals surface area contributed by atoms with Gasteiger partial charge in [0.15, 0.2) is 0 Å². The number of fused-ring (bicyclic) bond motifs is 1. The van der Waals surface area contributed by atoms with Crippen LogP contribution in [0.2, 0.25) is 5.02 Å². The number of carbonyl (C=O) groups is 3.